The summed E-state index contributed by atoms with van der Waals surface area (Å²) in [6.45, 7) is 0.264. The van der Waals surface area contributed by atoms with Crippen molar-refractivity contribution in [1.82, 2.24) is 14.9 Å². The second-order valence-corrected chi connectivity index (χ2v) is 7.68. The maximum absolute atomic E-state index is 12.3. The molecular formula is C18H25N3O3S. The third-order valence-electron chi connectivity index (χ3n) is 4.85. The molecule has 1 fully saturated rings. The van der Waals surface area contributed by atoms with E-state index in [4.69, 9.17) is 0 Å². The van der Waals surface area contributed by atoms with Gasteiger partial charge in [-0.15, -0.1) is 11.3 Å². The summed E-state index contributed by atoms with van der Waals surface area (Å²) < 4.78 is 1.75. The monoisotopic (exact) mass is 363 g/mol. The highest BCUT2D eigenvalue weighted by molar-refractivity contribution is 7.17. The molecule has 0 aliphatic heterocycles. The largest absolute Gasteiger partial charge is 0.353 e. The fraction of sp³-hybridized carbons (Fsp3) is 0.611. The van der Waals surface area contributed by atoms with E-state index in [9.17, 15) is 14.4 Å². The lowest BCUT2D eigenvalue weighted by molar-refractivity contribution is -0.122. The minimum Gasteiger partial charge on any atom is -0.353 e. The molecule has 1 saturated carbocycles. The number of thiophene rings is 1. The molecule has 25 heavy (non-hydrogen) atoms. The van der Waals surface area contributed by atoms with Crippen LogP contribution in [0.15, 0.2) is 21.0 Å². The molecule has 6 nitrogen and oxygen atoms in total. The SMILES string of the molecule is O=C(CCCn1c(=O)[nH]c2ccsc2c1=O)NC1CCCCCCC1. The molecule has 0 radical (unpaired) electrons. The Kier molecular flexibility index (Phi) is 6.07. The first kappa shape index (κ1) is 17.9. The Morgan fingerprint density at radius 1 is 1.20 bits per heavy atom. The number of carbonyl (C=O) groups is 1. The number of aromatic nitrogens is 2. The van der Waals surface area contributed by atoms with Gasteiger partial charge in [-0.2, -0.15) is 0 Å². The number of carbonyl (C=O) groups excluding carboxylic acids is 1. The molecule has 2 heterocycles. The van der Waals surface area contributed by atoms with Crippen molar-refractivity contribution in [2.24, 2.45) is 0 Å². The van der Waals surface area contributed by atoms with Gasteiger partial charge in [0.1, 0.15) is 4.70 Å². The van der Waals surface area contributed by atoms with Gasteiger partial charge in [0.2, 0.25) is 5.91 Å². The summed E-state index contributed by atoms with van der Waals surface area (Å²) in [4.78, 5) is 39.2. The first-order valence-corrected chi connectivity index (χ1v) is 10.0. The van der Waals surface area contributed by atoms with E-state index in [1.165, 1.54) is 48.0 Å². The van der Waals surface area contributed by atoms with Crippen LogP contribution < -0.4 is 16.6 Å². The van der Waals surface area contributed by atoms with E-state index in [2.05, 4.69) is 10.3 Å². The molecule has 0 saturated heterocycles. The number of nitrogens with zero attached hydrogens (tertiary/aromatic N) is 1. The van der Waals surface area contributed by atoms with E-state index in [1.807, 2.05) is 0 Å². The van der Waals surface area contributed by atoms with Crippen LogP contribution in [0.1, 0.15) is 57.8 Å². The van der Waals surface area contributed by atoms with Gasteiger partial charge in [0.05, 0.1) is 5.52 Å². The highest BCUT2D eigenvalue weighted by Crippen LogP contribution is 2.17. The van der Waals surface area contributed by atoms with Gasteiger partial charge in [-0.1, -0.05) is 32.1 Å². The number of amides is 1. The molecule has 1 aliphatic carbocycles. The van der Waals surface area contributed by atoms with Crippen LogP contribution in [0.25, 0.3) is 10.2 Å². The summed E-state index contributed by atoms with van der Waals surface area (Å²) in [6, 6.07) is 2.01. The van der Waals surface area contributed by atoms with Gasteiger partial charge in [0.15, 0.2) is 0 Å². The normalized spacial score (nSPS) is 16.5. The zero-order valence-corrected chi connectivity index (χ0v) is 15.2. The summed E-state index contributed by atoms with van der Waals surface area (Å²) in [6.07, 6.45) is 9.10. The fourth-order valence-corrected chi connectivity index (χ4v) is 4.27. The molecule has 0 atom stereocenters. The van der Waals surface area contributed by atoms with Crippen LogP contribution in [0.5, 0.6) is 0 Å². The number of hydrogen-bond donors (Lipinski definition) is 2. The highest BCUT2D eigenvalue weighted by atomic mass is 32.1. The predicted molar refractivity (Wildman–Crippen MR) is 100 cm³/mol. The van der Waals surface area contributed by atoms with Crippen molar-refractivity contribution >= 4 is 27.5 Å². The van der Waals surface area contributed by atoms with Crippen molar-refractivity contribution < 1.29 is 4.79 Å². The van der Waals surface area contributed by atoms with Crippen LogP contribution in [0, 0.1) is 0 Å². The molecule has 2 aromatic heterocycles. The Morgan fingerprint density at radius 2 is 1.92 bits per heavy atom. The number of fused-ring (bicyclic) bond motifs is 1. The van der Waals surface area contributed by atoms with E-state index in [-0.39, 0.29) is 24.1 Å². The topological polar surface area (TPSA) is 84.0 Å². The van der Waals surface area contributed by atoms with Crippen molar-refractivity contribution in [3.8, 4) is 0 Å². The third-order valence-corrected chi connectivity index (χ3v) is 5.75. The summed E-state index contributed by atoms with van der Waals surface area (Å²) in [5.41, 5.74) is -0.0937. The standard InChI is InChI=1S/C18H25N3O3S/c22-15(19-13-7-4-2-1-3-5-8-13)9-6-11-21-17(23)16-14(10-12-25-16)20-18(21)24/h10,12-13H,1-9,11H2,(H,19,22)(H,20,24). The molecule has 0 aromatic carbocycles. The molecule has 0 unspecified atom stereocenters. The molecule has 3 rings (SSSR count). The van der Waals surface area contributed by atoms with Crippen LogP contribution >= 0.6 is 11.3 Å². The molecule has 1 aliphatic rings. The number of nitrogens with one attached hydrogen (secondary N) is 2. The molecule has 2 N–H and O–H groups in total. The maximum Gasteiger partial charge on any atom is 0.328 e. The number of hydrogen-bond acceptors (Lipinski definition) is 4. The van der Waals surface area contributed by atoms with Crippen molar-refractivity contribution in [2.45, 2.75) is 70.4 Å². The van der Waals surface area contributed by atoms with Gasteiger partial charge in [0.25, 0.3) is 5.56 Å². The average molecular weight is 363 g/mol. The Bertz CT molecular complexity index is 828. The van der Waals surface area contributed by atoms with Gasteiger partial charge >= 0.3 is 5.69 Å². The lowest BCUT2D eigenvalue weighted by Crippen LogP contribution is -2.37. The average Bonchev–Trinajstić information content (AvgIpc) is 3.01. The number of H-pyrrole nitrogens is 1. The third kappa shape index (κ3) is 4.60. The summed E-state index contributed by atoms with van der Waals surface area (Å²) in [7, 11) is 0. The zero-order valence-electron chi connectivity index (χ0n) is 14.4. The highest BCUT2D eigenvalue weighted by Gasteiger charge is 2.14. The quantitative estimate of drug-likeness (QED) is 0.857. The lowest BCUT2D eigenvalue weighted by Gasteiger charge is -2.21. The predicted octanol–water partition coefficient (Wildman–Crippen LogP) is 2.76. The van der Waals surface area contributed by atoms with Crippen molar-refractivity contribution in [3.63, 3.8) is 0 Å². The maximum atomic E-state index is 12.3. The number of rotatable bonds is 5. The minimum absolute atomic E-state index is 0.0206. The molecule has 2 aromatic rings. The molecular weight excluding hydrogens is 338 g/mol. The first-order chi connectivity index (χ1) is 12.1. The summed E-state index contributed by atoms with van der Waals surface area (Å²) >= 11 is 1.32. The Morgan fingerprint density at radius 3 is 2.68 bits per heavy atom. The van der Waals surface area contributed by atoms with Crippen LogP contribution in [0.2, 0.25) is 0 Å². The van der Waals surface area contributed by atoms with E-state index in [0.29, 0.717) is 23.1 Å². The molecule has 136 valence electrons. The smallest absolute Gasteiger partial charge is 0.328 e. The van der Waals surface area contributed by atoms with Crippen LogP contribution in [-0.2, 0) is 11.3 Å². The van der Waals surface area contributed by atoms with E-state index in [0.717, 1.165) is 12.8 Å². The van der Waals surface area contributed by atoms with Gasteiger partial charge in [-0.25, -0.2) is 4.79 Å². The molecule has 7 heteroatoms. The van der Waals surface area contributed by atoms with Crippen LogP contribution in [0.4, 0.5) is 0 Å². The zero-order chi connectivity index (χ0) is 17.6. The van der Waals surface area contributed by atoms with Gasteiger partial charge in [-0.3, -0.25) is 14.2 Å². The Balaban J connectivity index is 1.53. The second-order valence-electron chi connectivity index (χ2n) is 6.76. The van der Waals surface area contributed by atoms with Crippen molar-refractivity contribution in [3.05, 3.63) is 32.3 Å². The van der Waals surface area contributed by atoms with Crippen molar-refractivity contribution in [1.29, 1.82) is 0 Å². The van der Waals surface area contributed by atoms with E-state index >= 15 is 0 Å². The molecule has 1 amide bonds. The Hall–Kier alpha value is -1.89. The molecule has 0 spiro atoms. The Labute approximate surface area is 150 Å². The fourth-order valence-electron chi connectivity index (χ4n) is 3.47. The van der Waals surface area contributed by atoms with Gasteiger partial charge in [-0.05, 0) is 30.7 Å². The van der Waals surface area contributed by atoms with Crippen molar-refractivity contribution in [2.75, 3.05) is 0 Å². The van der Waals surface area contributed by atoms with Crippen LogP contribution in [-0.4, -0.2) is 21.5 Å². The van der Waals surface area contributed by atoms with Gasteiger partial charge < -0.3 is 10.3 Å². The van der Waals surface area contributed by atoms with E-state index < -0.39 is 5.69 Å². The van der Waals surface area contributed by atoms with Gasteiger partial charge in [0, 0.05) is 19.0 Å². The lowest BCUT2D eigenvalue weighted by atomic mass is 9.96. The number of aromatic amines is 1. The first-order valence-electron chi connectivity index (χ1n) is 9.15. The molecule has 0 bridgehead atoms. The minimum atomic E-state index is -0.406. The van der Waals surface area contributed by atoms with Crippen LogP contribution in [0.3, 0.4) is 0 Å². The second kappa shape index (κ2) is 8.47. The van der Waals surface area contributed by atoms with E-state index in [1.54, 1.807) is 11.4 Å². The summed E-state index contributed by atoms with van der Waals surface area (Å²) in [5.74, 6) is 0.0206. The summed E-state index contributed by atoms with van der Waals surface area (Å²) in [5, 5.41) is 4.90.